The zero-order valence-corrected chi connectivity index (χ0v) is 31.9. The van der Waals surface area contributed by atoms with Crippen molar-refractivity contribution in [3.8, 4) is 56.4 Å². The summed E-state index contributed by atoms with van der Waals surface area (Å²) in [7, 11) is 0. The van der Waals surface area contributed by atoms with Crippen LogP contribution >= 0.6 is 11.3 Å². The van der Waals surface area contributed by atoms with Gasteiger partial charge in [-0.25, -0.2) is 15.0 Å². The largest absolute Gasteiger partial charge is 0.456 e. The minimum absolute atomic E-state index is 0.594. The van der Waals surface area contributed by atoms with E-state index in [2.05, 4.69) is 133 Å². The molecule has 0 bridgehead atoms. The van der Waals surface area contributed by atoms with E-state index in [9.17, 15) is 0 Å². The molecule has 0 atom stereocenters. The van der Waals surface area contributed by atoms with E-state index in [4.69, 9.17) is 19.4 Å². The number of aromatic nitrogens is 3. The lowest BCUT2D eigenvalue weighted by Crippen LogP contribution is -2.00. The topological polar surface area (TPSA) is 51.8 Å². The molecule has 0 aliphatic carbocycles. The van der Waals surface area contributed by atoms with E-state index >= 15 is 0 Å². The number of fused-ring (bicyclic) bond motifs is 9. The molecule has 0 aliphatic rings. The van der Waals surface area contributed by atoms with Crippen molar-refractivity contribution < 1.29 is 4.42 Å². The van der Waals surface area contributed by atoms with Crippen LogP contribution in [0.15, 0.2) is 192 Å². The molecule has 3 heterocycles. The molecule has 0 amide bonds. The van der Waals surface area contributed by atoms with E-state index in [1.807, 2.05) is 65.9 Å². The standard InChI is InChI=1S/C53H31N3OS/c1-3-13-32(14-4-1)38-20-11-21-42-43-22-12-23-44(50(43)58-49(38)42)46-29-34-17-7-8-18-37(34)45-30-35(25-27-39(45)46)52-54-51(33-15-5-2-6-16-33)55-53(56-52)36-26-28-41-40-19-9-10-24-47(40)57-48(41)31-36/h1-31H. The van der Waals surface area contributed by atoms with Gasteiger partial charge < -0.3 is 4.42 Å². The van der Waals surface area contributed by atoms with Gasteiger partial charge in [0.2, 0.25) is 0 Å². The first-order chi connectivity index (χ1) is 28.7. The fourth-order valence-corrected chi connectivity index (χ4v) is 9.92. The van der Waals surface area contributed by atoms with Crippen molar-refractivity contribution in [2.24, 2.45) is 0 Å². The molecule has 0 saturated carbocycles. The quantitative estimate of drug-likeness (QED) is 0.164. The molecule has 9 aromatic carbocycles. The van der Waals surface area contributed by atoms with Gasteiger partial charge in [0.1, 0.15) is 11.2 Å². The first kappa shape index (κ1) is 32.7. The Kier molecular flexibility index (Phi) is 7.37. The molecule has 12 rings (SSSR count). The number of para-hydroxylation sites is 1. The average Bonchev–Trinajstić information content (AvgIpc) is 3.87. The van der Waals surface area contributed by atoms with Gasteiger partial charge in [-0.2, -0.15) is 0 Å². The molecular weight excluding hydrogens is 727 g/mol. The lowest BCUT2D eigenvalue weighted by atomic mass is 9.91. The molecule has 3 aromatic heterocycles. The number of benzene rings is 9. The first-order valence-electron chi connectivity index (χ1n) is 19.4. The minimum atomic E-state index is 0.594. The maximum atomic E-state index is 6.28. The van der Waals surface area contributed by atoms with Gasteiger partial charge in [0.15, 0.2) is 17.5 Å². The van der Waals surface area contributed by atoms with Gasteiger partial charge in [0.05, 0.1) is 0 Å². The summed E-state index contributed by atoms with van der Waals surface area (Å²) in [6.45, 7) is 0. The predicted molar refractivity (Wildman–Crippen MR) is 242 cm³/mol. The third kappa shape index (κ3) is 5.25. The maximum Gasteiger partial charge on any atom is 0.164 e. The Balaban J connectivity index is 1.06. The van der Waals surface area contributed by atoms with E-state index in [-0.39, 0.29) is 0 Å². The number of hydrogen-bond donors (Lipinski definition) is 0. The van der Waals surface area contributed by atoms with Crippen LogP contribution in [0.2, 0.25) is 0 Å². The predicted octanol–water partition coefficient (Wildman–Crippen LogP) is 14.8. The molecule has 0 spiro atoms. The van der Waals surface area contributed by atoms with Crippen LogP contribution in [0.25, 0.3) is 120 Å². The Morgan fingerprint density at radius 3 is 1.62 bits per heavy atom. The Morgan fingerprint density at radius 2 is 0.862 bits per heavy atom. The Labute approximate surface area is 337 Å². The van der Waals surface area contributed by atoms with E-state index < -0.39 is 0 Å². The number of hydrogen-bond acceptors (Lipinski definition) is 5. The van der Waals surface area contributed by atoms with Crippen LogP contribution in [0, 0.1) is 0 Å². The summed E-state index contributed by atoms with van der Waals surface area (Å²) >= 11 is 1.89. The van der Waals surface area contributed by atoms with Gasteiger partial charge in [0, 0.05) is 53.2 Å². The van der Waals surface area contributed by atoms with E-state index in [1.165, 1.54) is 58.6 Å². The molecule has 58 heavy (non-hydrogen) atoms. The van der Waals surface area contributed by atoms with E-state index in [0.29, 0.717) is 17.5 Å². The van der Waals surface area contributed by atoms with Gasteiger partial charge in [-0.3, -0.25) is 0 Å². The summed E-state index contributed by atoms with van der Waals surface area (Å²) in [6, 6.07) is 66.3. The summed E-state index contributed by atoms with van der Waals surface area (Å²) in [5.74, 6) is 1.83. The van der Waals surface area contributed by atoms with Crippen molar-refractivity contribution in [1.82, 2.24) is 15.0 Å². The second kappa shape index (κ2) is 13.1. The van der Waals surface area contributed by atoms with E-state index in [0.717, 1.165) is 44.0 Å². The highest BCUT2D eigenvalue weighted by molar-refractivity contribution is 7.26. The molecule has 0 unspecified atom stereocenters. The van der Waals surface area contributed by atoms with Crippen LogP contribution in [-0.2, 0) is 0 Å². The van der Waals surface area contributed by atoms with Crippen molar-refractivity contribution in [2.75, 3.05) is 0 Å². The van der Waals surface area contributed by atoms with Crippen molar-refractivity contribution >= 4 is 75.0 Å². The molecule has 0 saturated heterocycles. The summed E-state index contributed by atoms with van der Waals surface area (Å²) in [5.41, 5.74) is 9.32. The zero-order chi connectivity index (χ0) is 38.2. The van der Waals surface area contributed by atoms with Gasteiger partial charge in [-0.05, 0) is 68.6 Å². The van der Waals surface area contributed by atoms with Crippen molar-refractivity contribution in [2.45, 2.75) is 0 Å². The molecule has 12 aromatic rings. The number of nitrogens with zero attached hydrogens (tertiary/aromatic N) is 3. The SMILES string of the molecule is c1ccc(-c2nc(-c3ccc4c(c3)oc3ccccc34)nc(-c3ccc4c(-c5cccc6c5sc5c(-c7ccccc7)cccc56)cc5ccccc5c4c3)n2)cc1. The fraction of sp³-hybridized carbons (Fsp3) is 0. The highest BCUT2D eigenvalue weighted by Crippen LogP contribution is 2.46. The van der Waals surface area contributed by atoms with Crippen LogP contribution in [0.1, 0.15) is 0 Å². The summed E-state index contributed by atoms with van der Waals surface area (Å²) in [4.78, 5) is 15.3. The van der Waals surface area contributed by atoms with Crippen LogP contribution in [0.4, 0.5) is 0 Å². The monoisotopic (exact) mass is 757 g/mol. The molecule has 270 valence electrons. The highest BCUT2D eigenvalue weighted by Gasteiger charge is 2.19. The molecule has 5 heteroatoms. The van der Waals surface area contributed by atoms with Crippen molar-refractivity contribution in [1.29, 1.82) is 0 Å². The smallest absolute Gasteiger partial charge is 0.164 e. The average molecular weight is 758 g/mol. The third-order valence-electron chi connectivity index (χ3n) is 11.3. The normalized spacial score (nSPS) is 11.8. The number of rotatable bonds is 5. The van der Waals surface area contributed by atoms with Gasteiger partial charge in [-0.1, -0.05) is 158 Å². The summed E-state index contributed by atoms with van der Waals surface area (Å²) in [6.07, 6.45) is 0. The van der Waals surface area contributed by atoms with Crippen LogP contribution in [0.3, 0.4) is 0 Å². The molecule has 0 N–H and O–H groups in total. The second-order valence-electron chi connectivity index (χ2n) is 14.7. The molecular formula is C53H31N3OS. The first-order valence-corrected chi connectivity index (χ1v) is 20.2. The minimum Gasteiger partial charge on any atom is -0.456 e. The van der Waals surface area contributed by atoms with Gasteiger partial charge >= 0.3 is 0 Å². The van der Waals surface area contributed by atoms with Crippen molar-refractivity contribution in [3.63, 3.8) is 0 Å². The summed E-state index contributed by atoms with van der Waals surface area (Å²) < 4.78 is 8.88. The molecule has 0 fully saturated rings. The molecule has 0 radical (unpaired) electrons. The highest BCUT2D eigenvalue weighted by atomic mass is 32.1. The molecule has 4 nitrogen and oxygen atoms in total. The van der Waals surface area contributed by atoms with Gasteiger partial charge in [-0.15, -0.1) is 11.3 Å². The van der Waals surface area contributed by atoms with Crippen molar-refractivity contribution in [3.05, 3.63) is 188 Å². The zero-order valence-electron chi connectivity index (χ0n) is 31.1. The van der Waals surface area contributed by atoms with Crippen LogP contribution in [-0.4, -0.2) is 15.0 Å². The Bertz CT molecular complexity index is 3570. The molecule has 0 aliphatic heterocycles. The second-order valence-corrected chi connectivity index (χ2v) is 15.7. The fourth-order valence-electron chi connectivity index (χ4n) is 8.56. The number of thiophene rings is 1. The Morgan fingerprint density at radius 1 is 0.310 bits per heavy atom. The van der Waals surface area contributed by atoms with Crippen LogP contribution in [0.5, 0.6) is 0 Å². The van der Waals surface area contributed by atoms with Crippen LogP contribution < -0.4 is 0 Å². The summed E-state index contributed by atoms with van der Waals surface area (Å²) in [5, 5.41) is 9.43. The number of furan rings is 1. The third-order valence-corrected chi connectivity index (χ3v) is 12.6. The lowest BCUT2D eigenvalue weighted by molar-refractivity contribution is 0.669. The Hall–Kier alpha value is -7.47. The van der Waals surface area contributed by atoms with Gasteiger partial charge in [0.25, 0.3) is 0 Å². The van der Waals surface area contributed by atoms with E-state index in [1.54, 1.807) is 0 Å². The maximum absolute atomic E-state index is 6.28. The lowest BCUT2D eigenvalue weighted by Gasteiger charge is -2.14.